The molecule has 0 aromatic carbocycles. The quantitative estimate of drug-likeness (QED) is 0.691. The summed E-state index contributed by atoms with van der Waals surface area (Å²) in [7, 11) is 3.85. The third-order valence-corrected chi connectivity index (χ3v) is 3.65. The van der Waals surface area contributed by atoms with E-state index in [9.17, 15) is 0 Å². The molecule has 0 atom stereocenters. The lowest BCUT2D eigenvalue weighted by molar-refractivity contribution is 0.432. The first kappa shape index (κ1) is 14.2. The molecule has 0 unspecified atom stereocenters. The van der Waals surface area contributed by atoms with Crippen LogP contribution in [-0.2, 0) is 0 Å². The second kappa shape index (κ2) is 5.94. The van der Waals surface area contributed by atoms with E-state index in [1.165, 1.54) is 17.0 Å². The summed E-state index contributed by atoms with van der Waals surface area (Å²) >= 11 is 0. The molecule has 0 aromatic heterocycles. The van der Waals surface area contributed by atoms with Crippen LogP contribution in [0.15, 0.2) is 16.3 Å². The van der Waals surface area contributed by atoms with E-state index in [-0.39, 0.29) is 5.41 Å². The van der Waals surface area contributed by atoms with Gasteiger partial charge in [0.05, 0.1) is 0 Å². The first-order valence-corrected chi connectivity index (χ1v) is 5.79. The van der Waals surface area contributed by atoms with Gasteiger partial charge in [-0.05, 0) is 32.3 Å². The Bertz CT molecular complexity index is 258. The first-order chi connectivity index (χ1) is 6.96. The van der Waals surface area contributed by atoms with Crippen LogP contribution in [0.2, 0.25) is 0 Å². The molecular weight excluding hydrogens is 184 g/mol. The van der Waals surface area contributed by atoms with E-state index in [1.807, 2.05) is 14.1 Å². The zero-order valence-corrected chi connectivity index (χ0v) is 11.4. The number of aliphatic imine (C=N–C) groups is 1. The third-order valence-electron chi connectivity index (χ3n) is 3.65. The maximum atomic E-state index is 4.49. The predicted molar refractivity (Wildman–Crippen MR) is 69.5 cm³/mol. The van der Waals surface area contributed by atoms with Gasteiger partial charge in [0.2, 0.25) is 0 Å². The van der Waals surface area contributed by atoms with Gasteiger partial charge in [0.15, 0.2) is 0 Å². The molecule has 0 rings (SSSR count). The molecule has 0 fully saturated rings. The van der Waals surface area contributed by atoms with Crippen molar-refractivity contribution in [1.29, 1.82) is 0 Å². The second-order valence-electron chi connectivity index (χ2n) is 4.34. The summed E-state index contributed by atoms with van der Waals surface area (Å²) in [6, 6.07) is 0. The van der Waals surface area contributed by atoms with E-state index in [1.54, 1.807) is 0 Å². The average Bonchev–Trinajstić information content (AvgIpc) is 2.28. The first-order valence-electron chi connectivity index (χ1n) is 5.79. The van der Waals surface area contributed by atoms with Crippen LogP contribution < -0.4 is 5.32 Å². The van der Waals surface area contributed by atoms with Crippen molar-refractivity contribution in [2.75, 3.05) is 14.1 Å². The molecule has 0 amide bonds. The lowest BCUT2D eigenvalue weighted by Gasteiger charge is -2.30. The number of hydrogen-bond acceptors (Lipinski definition) is 2. The van der Waals surface area contributed by atoms with Crippen molar-refractivity contribution in [1.82, 2.24) is 5.32 Å². The van der Waals surface area contributed by atoms with Crippen LogP contribution >= 0.6 is 0 Å². The van der Waals surface area contributed by atoms with E-state index in [4.69, 9.17) is 0 Å². The highest BCUT2D eigenvalue weighted by molar-refractivity contribution is 6.04. The second-order valence-corrected chi connectivity index (χ2v) is 4.34. The largest absolute Gasteiger partial charge is 0.391 e. The molecule has 0 saturated heterocycles. The molecule has 0 aliphatic carbocycles. The number of rotatable bonds is 5. The molecule has 0 saturated carbocycles. The summed E-state index contributed by atoms with van der Waals surface area (Å²) in [6.45, 7) is 11.0. The highest BCUT2D eigenvalue weighted by Gasteiger charge is 2.27. The summed E-state index contributed by atoms with van der Waals surface area (Å²) in [5, 5.41) is 3.20. The van der Waals surface area contributed by atoms with Gasteiger partial charge in [-0.3, -0.25) is 4.99 Å². The van der Waals surface area contributed by atoms with Crippen molar-refractivity contribution in [2.45, 2.75) is 47.5 Å². The van der Waals surface area contributed by atoms with Crippen molar-refractivity contribution < 1.29 is 0 Å². The van der Waals surface area contributed by atoms with Crippen molar-refractivity contribution in [2.24, 2.45) is 10.4 Å². The number of nitrogens with zero attached hydrogens (tertiary/aromatic N) is 1. The third kappa shape index (κ3) is 3.08. The van der Waals surface area contributed by atoms with Crippen molar-refractivity contribution in [3.05, 3.63) is 11.3 Å². The van der Waals surface area contributed by atoms with E-state index in [0.29, 0.717) is 0 Å². The van der Waals surface area contributed by atoms with Crippen LogP contribution in [0.25, 0.3) is 0 Å². The minimum absolute atomic E-state index is 0.205. The summed E-state index contributed by atoms with van der Waals surface area (Å²) < 4.78 is 0. The molecule has 1 N–H and O–H groups in total. The fourth-order valence-electron chi connectivity index (χ4n) is 1.84. The predicted octanol–water partition coefficient (Wildman–Crippen LogP) is 3.40. The Morgan fingerprint density at radius 1 is 1.20 bits per heavy atom. The van der Waals surface area contributed by atoms with Crippen molar-refractivity contribution >= 4 is 5.71 Å². The lowest BCUT2D eigenvalue weighted by Crippen LogP contribution is -2.29. The standard InChI is InChI=1S/C13H26N2/c1-8-13(5,9-2)12(15-7)10(3)11(4)14-6/h14H,8-9H2,1-7H3/b11-10-,15-12?. The van der Waals surface area contributed by atoms with E-state index < -0.39 is 0 Å². The van der Waals surface area contributed by atoms with Crippen LogP contribution in [0, 0.1) is 5.41 Å². The van der Waals surface area contributed by atoms with Crippen molar-refractivity contribution in [3.8, 4) is 0 Å². The lowest BCUT2D eigenvalue weighted by atomic mass is 9.76. The van der Waals surface area contributed by atoms with Gasteiger partial charge in [0, 0.05) is 30.9 Å². The molecule has 0 heterocycles. The highest BCUT2D eigenvalue weighted by Crippen LogP contribution is 2.31. The summed E-state index contributed by atoms with van der Waals surface area (Å²) in [5.41, 5.74) is 3.94. The highest BCUT2D eigenvalue weighted by atomic mass is 14.8. The molecule has 0 aliphatic heterocycles. The molecule has 0 bridgehead atoms. The Kier molecular flexibility index (Phi) is 5.63. The van der Waals surface area contributed by atoms with Gasteiger partial charge in [-0.1, -0.05) is 20.8 Å². The van der Waals surface area contributed by atoms with E-state index in [0.717, 1.165) is 12.8 Å². The zero-order valence-electron chi connectivity index (χ0n) is 11.4. The Morgan fingerprint density at radius 3 is 1.93 bits per heavy atom. The Morgan fingerprint density at radius 2 is 1.67 bits per heavy atom. The van der Waals surface area contributed by atoms with Gasteiger partial charge in [0.25, 0.3) is 0 Å². The molecule has 2 heteroatoms. The Labute approximate surface area is 94.9 Å². The Balaban J connectivity index is 5.28. The monoisotopic (exact) mass is 210 g/mol. The average molecular weight is 210 g/mol. The topological polar surface area (TPSA) is 24.4 Å². The molecule has 2 nitrogen and oxygen atoms in total. The molecular formula is C13H26N2. The fourth-order valence-corrected chi connectivity index (χ4v) is 1.84. The molecule has 15 heavy (non-hydrogen) atoms. The van der Waals surface area contributed by atoms with Gasteiger partial charge in [-0.15, -0.1) is 0 Å². The molecule has 0 aliphatic rings. The zero-order chi connectivity index (χ0) is 12.1. The van der Waals surface area contributed by atoms with Crippen LogP contribution in [0.5, 0.6) is 0 Å². The van der Waals surface area contributed by atoms with Gasteiger partial charge in [-0.25, -0.2) is 0 Å². The van der Waals surface area contributed by atoms with Crippen LogP contribution in [0.1, 0.15) is 47.5 Å². The smallest absolute Gasteiger partial charge is 0.0449 e. The minimum Gasteiger partial charge on any atom is -0.391 e. The summed E-state index contributed by atoms with van der Waals surface area (Å²) in [5.74, 6) is 0. The SMILES string of the molecule is CCC(C)(CC)C(=NC)/C(C)=C(/C)NC. The fraction of sp³-hybridized carbons (Fsp3) is 0.769. The van der Waals surface area contributed by atoms with E-state index >= 15 is 0 Å². The molecule has 0 radical (unpaired) electrons. The van der Waals surface area contributed by atoms with Gasteiger partial charge in [-0.2, -0.15) is 0 Å². The van der Waals surface area contributed by atoms with Gasteiger partial charge in [0.1, 0.15) is 0 Å². The maximum Gasteiger partial charge on any atom is 0.0449 e. The van der Waals surface area contributed by atoms with Gasteiger partial charge >= 0.3 is 0 Å². The van der Waals surface area contributed by atoms with E-state index in [2.05, 4.69) is 44.9 Å². The molecule has 0 spiro atoms. The maximum absolute atomic E-state index is 4.49. The minimum atomic E-state index is 0.205. The van der Waals surface area contributed by atoms with Crippen molar-refractivity contribution in [3.63, 3.8) is 0 Å². The Hall–Kier alpha value is -0.790. The number of hydrogen-bond donors (Lipinski definition) is 1. The summed E-state index contributed by atoms with van der Waals surface area (Å²) in [4.78, 5) is 4.49. The molecule has 0 aromatic rings. The number of allylic oxidation sites excluding steroid dienone is 2. The normalized spacial score (nSPS) is 15.0. The molecule has 88 valence electrons. The summed E-state index contributed by atoms with van der Waals surface area (Å²) in [6.07, 6.45) is 2.26. The van der Waals surface area contributed by atoms with Crippen LogP contribution in [-0.4, -0.2) is 19.8 Å². The number of nitrogens with one attached hydrogen (secondary N) is 1. The van der Waals surface area contributed by atoms with Crippen LogP contribution in [0.4, 0.5) is 0 Å². The van der Waals surface area contributed by atoms with Gasteiger partial charge < -0.3 is 5.32 Å². The van der Waals surface area contributed by atoms with Crippen LogP contribution in [0.3, 0.4) is 0 Å².